The minimum Gasteiger partial charge on any atom is -0.496 e. The molecule has 1 aliphatic heterocycles. The maximum absolute atomic E-state index is 6.14. The van der Waals surface area contributed by atoms with Crippen LogP contribution >= 0.6 is 0 Å². The molecule has 3 rings (SSSR count). The summed E-state index contributed by atoms with van der Waals surface area (Å²) in [6, 6.07) is 12.0. The zero-order valence-corrected chi connectivity index (χ0v) is 16.4. The molecule has 2 heterocycles. The van der Waals surface area contributed by atoms with Gasteiger partial charge in [0.1, 0.15) is 11.6 Å². The van der Waals surface area contributed by atoms with Crippen molar-refractivity contribution in [3.05, 3.63) is 48.2 Å². The van der Waals surface area contributed by atoms with Gasteiger partial charge in [-0.1, -0.05) is 18.2 Å². The van der Waals surface area contributed by atoms with Crippen LogP contribution in [0.5, 0.6) is 5.75 Å². The Morgan fingerprint density at radius 2 is 1.77 bits per heavy atom. The van der Waals surface area contributed by atoms with Gasteiger partial charge >= 0.3 is 7.12 Å². The minimum absolute atomic E-state index is 0.358. The van der Waals surface area contributed by atoms with E-state index in [1.165, 1.54) is 0 Å². The van der Waals surface area contributed by atoms with Gasteiger partial charge in [0, 0.05) is 25.4 Å². The summed E-state index contributed by atoms with van der Waals surface area (Å²) in [6.07, 6.45) is 1.80. The van der Waals surface area contributed by atoms with Crippen LogP contribution < -0.4 is 15.1 Å². The minimum atomic E-state index is -0.392. The normalized spacial score (nSPS) is 18.0. The SMILES string of the molecule is COc1cc(B2OC(C)(C)C(C)(C)O2)ccc1CN(C)c1ccccn1. The van der Waals surface area contributed by atoms with Gasteiger partial charge in [-0.25, -0.2) is 4.98 Å². The number of rotatable bonds is 5. The van der Waals surface area contributed by atoms with Crippen LogP contribution in [0.25, 0.3) is 0 Å². The van der Waals surface area contributed by atoms with Crippen LogP contribution in [0, 0.1) is 0 Å². The van der Waals surface area contributed by atoms with Gasteiger partial charge in [0.2, 0.25) is 0 Å². The molecule has 0 atom stereocenters. The van der Waals surface area contributed by atoms with E-state index in [1.54, 1.807) is 13.3 Å². The third-order valence-electron chi connectivity index (χ3n) is 5.28. The van der Waals surface area contributed by atoms with Crippen LogP contribution in [-0.4, -0.2) is 37.5 Å². The van der Waals surface area contributed by atoms with Crippen molar-refractivity contribution in [3.63, 3.8) is 0 Å². The molecule has 2 aromatic rings. The number of hydrogen-bond acceptors (Lipinski definition) is 5. The molecule has 1 fully saturated rings. The molecule has 0 radical (unpaired) electrons. The maximum atomic E-state index is 6.14. The van der Waals surface area contributed by atoms with E-state index in [4.69, 9.17) is 14.0 Å². The molecule has 5 nitrogen and oxygen atoms in total. The lowest BCUT2D eigenvalue weighted by atomic mass is 9.78. The first kappa shape index (κ1) is 18.7. The van der Waals surface area contributed by atoms with Crippen molar-refractivity contribution in [2.24, 2.45) is 0 Å². The molecule has 26 heavy (non-hydrogen) atoms. The summed E-state index contributed by atoms with van der Waals surface area (Å²) in [5, 5.41) is 0. The Kier molecular flexibility index (Phi) is 4.99. The molecule has 6 heteroatoms. The quantitative estimate of drug-likeness (QED) is 0.773. The number of pyridine rings is 1. The van der Waals surface area contributed by atoms with Crippen molar-refractivity contribution in [2.45, 2.75) is 45.4 Å². The number of nitrogens with zero attached hydrogens (tertiary/aromatic N) is 2. The second kappa shape index (κ2) is 6.93. The van der Waals surface area contributed by atoms with Crippen LogP contribution in [0.15, 0.2) is 42.6 Å². The van der Waals surface area contributed by atoms with Crippen LogP contribution in [0.2, 0.25) is 0 Å². The monoisotopic (exact) mass is 354 g/mol. The van der Waals surface area contributed by atoms with Crippen LogP contribution in [-0.2, 0) is 15.9 Å². The average Bonchev–Trinajstić information content (AvgIpc) is 2.83. The molecule has 138 valence electrons. The van der Waals surface area contributed by atoms with Gasteiger partial charge in [0.15, 0.2) is 0 Å². The summed E-state index contributed by atoms with van der Waals surface area (Å²) in [6.45, 7) is 8.92. The average molecular weight is 354 g/mol. The fourth-order valence-electron chi connectivity index (χ4n) is 2.93. The van der Waals surface area contributed by atoms with Crippen LogP contribution in [0.4, 0.5) is 5.82 Å². The first-order chi connectivity index (χ1) is 12.2. The molecule has 0 bridgehead atoms. The predicted molar refractivity (Wildman–Crippen MR) is 105 cm³/mol. The Labute approximate surface area is 156 Å². The Balaban J connectivity index is 1.81. The lowest BCUT2D eigenvalue weighted by Crippen LogP contribution is -2.41. The zero-order valence-electron chi connectivity index (χ0n) is 16.4. The van der Waals surface area contributed by atoms with Gasteiger partial charge in [-0.3, -0.25) is 0 Å². The molecule has 1 aromatic heterocycles. The number of anilines is 1. The van der Waals surface area contributed by atoms with Gasteiger partial charge in [-0.2, -0.15) is 0 Å². The predicted octanol–water partition coefficient (Wildman–Crippen LogP) is 3.03. The highest BCUT2D eigenvalue weighted by Gasteiger charge is 2.51. The molecule has 0 amide bonds. The molecule has 0 aliphatic carbocycles. The summed E-state index contributed by atoms with van der Waals surface area (Å²) in [5.74, 6) is 1.74. The molecular weight excluding hydrogens is 327 g/mol. The molecule has 1 aromatic carbocycles. The summed E-state index contributed by atoms with van der Waals surface area (Å²) in [7, 11) is 3.31. The lowest BCUT2D eigenvalue weighted by Gasteiger charge is -2.32. The van der Waals surface area contributed by atoms with Gasteiger partial charge < -0.3 is 18.9 Å². The van der Waals surface area contributed by atoms with Crippen molar-refractivity contribution in [1.29, 1.82) is 0 Å². The summed E-state index contributed by atoms with van der Waals surface area (Å²) in [5.41, 5.74) is 1.33. The highest BCUT2D eigenvalue weighted by atomic mass is 16.7. The van der Waals surface area contributed by atoms with E-state index < -0.39 is 7.12 Å². The second-order valence-corrected chi connectivity index (χ2v) is 7.70. The highest BCUT2D eigenvalue weighted by molar-refractivity contribution is 6.62. The number of benzene rings is 1. The van der Waals surface area contributed by atoms with Gasteiger partial charge in [0.25, 0.3) is 0 Å². The zero-order chi connectivity index (χ0) is 18.9. The number of methoxy groups -OCH3 is 1. The molecule has 1 aliphatic rings. The van der Waals surface area contributed by atoms with E-state index in [2.05, 4.69) is 43.6 Å². The van der Waals surface area contributed by atoms with Crippen LogP contribution in [0.1, 0.15) is 33.3 Å². The topological polar surface area (TPSA) is 43.8 Å². The smallest absolute Gasteiger partial charge is 0.494 e. The van der Waals surface area contributed by atoms with Gasteiger partial charge in [-0.05, 0) is 51.4 Å². The standard InChI is InChI=1S/C20H27BN2O3/c1-19(2)20(3,4)26-21(25-19)16-11-10-15(17(13-16)24-6)14-23(5)18-9-7-8-12-22-18/h7-13H,14H2,1-6H3. The van der Waals surface area contributed by atoms with Crippen LogP contribution in [0.3, 0.4) is 0 Å². The molecule has 0 unspecified atom stereocenters. The van der Waals surface area contributed by atoms with Crippen molar-refractivity contribution in [2.75, 3.05) is 19.1 Å². The Bertz CT molecular complexity index is 749. The fourth-order valence-corrected chi connectivity index (χ4v) is 2.93. The molecule has 0 N–H and O–H groups in total. The molecule has 1 saturated heterocycles. The number of aromatic nitrogens is 1. The number of hydrogen-bond donors (Lipinski definition) is 0. The van der Waals surface area contributed by atoms with E-state index in [9.17, 15) is 0 Å². The van der Waals surface area contributed by atoms with E-state index in [0.717, 1.165) is 22.6 Å². The second-order valence-electron chi connectivity index (χ2n) is 7.70. The van der Waals surface area contributed by atoms with E-state index >= 15 is 0 Å². The van der Waals surface area contributed by atoms with Crippen molar-refractivity contribution in [3.8, 4) is 5.75 Å². The molecule has 0 saturated carbocycles. The molecule has 0 spiro atoms. The van der Waals surface area contributed by atoms with E-state index in [-0.39, 0.29) is 11.2 Å². The van der Waals surface area contributed by atoms with E-state index in [0.29, 0.717) is 6.54 Å². The summed E-state index contributed by atoms with van der Waals surface area (Å²) >= 11 is 0. The first-order valence-corrected chi connectivity index (χ1v) is 8.88. The third-order valence-corrected chi connectivity index (χ3v) is 5.28. The van der Waals surface area contributed by atoms with Crippen molar-refractivity contribution >= 4 is 18.4 Å². The fraction of sp³-hybridized carbons (Fsp3) is 0.450. The largest absolute Gasteiger partial charge is 0.496 e. The number of ether oxygens (including phenoxy) is 1. The van der Waals surface area contributed by atoms with E-state index in [1.807, 2.05) is 37.4 Å². The summed E-state index contributed by atoms with van der Waals surface area (Å²) in [4.78, 5) is 6.48. The highest BCUT2D eigenvalue weighted by Crippen LogP contribution is 2.36. The Morgan fingerprint density at radius 3 is 2.35 bits per heavy atom. The van der Waals surface area contributed by atoms with Gasteiger partial charge in [-0.15, -0.1) is 0 Å². The maximum Gasteiger partial charge on any atom is 0.494 e. The van der Waals surface area contributed by atoms with Crippen molar-refractivity contribution < 1.29 is 14.0 Å². The van der Waals surface area contributed by atoms with Crippen molar-refractivity contribution in [1.82, 2.24) is 4.98 Å². The lowest BCUT2D eigenvalue weighted by molar-refractivity contribution is 0.00578. The third kappa shape index (κ3) is 3.57. The van der Waals surface area contributed by atoms with Gasteiger partial charge in [0.05, 0.1) is 18.3 Å². The Hall–Kier alpha value is -2.05. The summed E-state index contributed by atoms with van der Waals surface area (Å²) < 4.78 is 17.9. The molecular formula is C20H27BN2O3. The Morgan fingerprint density at radius 1 is 1.08 bits per heavy atom. The first-order valence-electron chi connectivity index (χ1n) is 8.88.